The van der Waals surface area contributed by atoms with Gasteiger partial charge in [0.15, 0.2) is 5.13 Å². The number of benzene rings is 2. The number of fused-ring (bicyclic) bond motifs is 2. The van der Waals surface area contributed by atoms with Gasteiger partial charge in [0.2, 0.25) is 0 Å². The Balaban J connectivity index is 1.86. The fourth-order valence-electron chi connectivity index (χ4n) is 2.65. The summed E-state index contributed by atoms with van der Waals surface area (Å²) in [5.74, 6) is 0. The van der Waals surface area contributed by atoms with Crippen LogP contribution in [0.2, 0.25) is 0 Å². The quantitative estimate of drug-likeness (QED) is 0.389. The second kappa shape index (κ2) is 6.27. The van der Waals surface area contributed by atoms with Crippen molar-refractivity contribution in [3.63, 3.8) is 0 Å². The van der Waals surface area contributed by atoms with E-state index in [4.69, 9.17) is 0 Å². The van der Waals surface area contributed by atoms with Crippen LogP contribution in [0.4, 0.5) is 29.7 Å². The molecular weight excluding hydrogens is 399 g/mol. The van der Waals surface area contributed by atoms with Crippen LogP contribution in [-0.2, 0) is 6.18 Å². The van der Waals surface area contributed by atoms with Gasteiger partial charge in [-0.2, -0.15) is 23.3 Å². The van der Waals surface area contributed by atoms with Gasteiger partial charge in [0.05, 0.1) is 27.6 Å². The second-order valence-corrected chi connectivity index (χ2v) is 6.75. The molecule has 0 aliphatic rings. The molecular formula is C16H8F3N5O3S. The SMILES string of the molecule is O=c1nc(Nc2ccc3[nH]ncc3c2)sc2c([N+](=O)[O-])cc(C(F)(F)F)cc12. The number of rotatable bonds is 3. The minimum atomic E-state index is -4.83. The third-order valence-electron chi connectivity index (χ3n) is 3.92. The number of anilines is 2. The molecule has 142 valence electrons. The molecule has 0 radical (unpaired) electrons. The van der Waals surface area contributed by atoms with E-state index in [0.29, 0.717) is 17.8 Å². The molecule has 0 fully saturated rings. The Labute approximate surface area is 156 Å². The monoisotopic (exact) mass is 407 g/mol. The number of nitro benzene ring substituents is 1. The van der Waals surface area contributed by atoms with Gasteiger partial charge in [0.1, 0.15) is 4.70 Å². The number of hydrogen-bond acceptors (Lipinski definition) is 7. The normalized spacial score (nSPS) is 11.8. The van der Waals surface area contributed by atoms with Gasteiger partial charge in [-0.25, -0.2) is 0 Å². The predicted octanol–water partition coefficient (Wildman–Crippen LogP) is 4.20. The van der Waals surface area contributed by atoms with Gasteiger partial charge >= 0.3 is 6.18 Å². The first-order valence-electron chi connectivity index (χ1n) is 7.63. The van der Waals surface area contributed by atoms with Crippen LogP contribution in [0.25, 0.3) is 21.0 Å². The van der Waals surface area contributed by atoms with E-state index in [9.17, 15) is 28.1 Å². The van der Waals surface area contributed by atoms with Crippen LogP contribution in [0.5, 0.6) is 0 Å². The van der Waals surface area contributed by atoms with Gasteiger partial charge in [-0.05, 0) is 24.3 Å². The molecule has 0 saturated carbocycles. The molecule has 0 bridgehead atoms. The van der Waals surface area contributed by atoms with Gasteiger partial charge in [-0.3, -0.25) is 20.0 Å². The van der Waals surface area contributed by atoms with Crippen molar-refractivity contribution in [2.45, 2.75) is 6.18 Å². The molecule has 0 unspecified atom stereocenters. The van der Waals surface area contributed by atoms with Crippen molar-refractivity contribution < 1.29 is 18.1 Å². The van der Waals surface area contributed by atoms with Crippen LogP contribution in [0.15, 0.2) is 41.3 Å². The summed E-state index contributed by atoms with van der Waals surface area (Å²) in [6.07, 6.45) is -3.24. The molecule has 28 heavy (non-hydrogen) atoms. The zero-order valence-corrected chi connectivity index (χ0v) is 14.4. The molecule has 0 aliphatic heterocycles. The summed E-state index contributed by atoms with van der Waals surface area (Å²) in [5.41, 5.74) is -1.76. The van der Waals surface area contributed by atoms with Crippen molar-refractivity contribution in [1.82, 2.24) is 15.2 Å². The topological polar surface area (TPSA) is 114 Å². The molecule has 4 rings (SSSR count). The number of alkyl halides is 3. The Hall–Kier alpha value is -3.54. The standard InChI is InChI=1S/C16H8F3N5O3S/c17-16(18,19)8-4-10-13(12(5-8)24(26)27)28-15(22-14(10)25)21-9-1-2-11-7(3-9)6-20-23-11/h1-6H,(H,20,23)(H,21,22,25). The summed E-state index contributed by atoms with van der Waals surface area (Å²) >= 11 is 0.723. The summed E-state index contributed by atoms with van der Waals surface area (Å²) in [5, 5.41) is 21.1. The number of halogens is 3. The highest BCUT2D eigenvalue weighted by Gasteiger charge is 2.34. The van der Waals surface area contributed by atoms with Gasteiger partial charge < -0.3 is 5.32 Å². The lowest BCUT2D eigenvalue weighted by molar-refractivity contribution is -0.383. The summed E-state index contributed by atoms with van der Waals surface area (Å²) < 4.78 is 38.8. The van der Waals surface area contributed by atoms with E-state index in [1.807, 2.05) is 0 Å². The number of non-ortho nitro benzene ring substituents is 1. The highest BCUT2D eigenvalue weighted by molar-refractivity contribution is 7.22. The van der Waals surface area contributed by atoms with Crippen LogP contribution < -0.4 is 10.9 Å². The van der Waals surface area contributed by atoms with E-state index in [2.05, 4.69) is 20.5 Å². The number of H-pyrrole nitrogens is 1. The fraction of sp³-hybridized carbons (Fsp3) is 0.0625. The molecule has 12 heteroatoms. The van der Waals surface area contributed by atoms with E-state index in [-0.39, 0.29) is 9.83 Å². The van der Waals surface area contributed by atoms with Gasteiger partial charge in [0.25, 0.3) is 11.2 Å². The summed E-state index contributed by atoms with van der Waals surface area (Å²) in [6.45, 7) is 0. The lowest BCUT2D eigenvalue weighted by atomic mass is 10.1. The van der Waals surface area contributed by atoms with Gasteiger partial charge in [-0.15, -0.1) is 0 Å². The zero-order chi connectivity index (χ0) is 20.1. The largest absolute Gasteiger partial charge is 0.416 e. The molecule has 0 amide bonds. The second-order valence-electron chi connectivity index (χ2n) is 5.75. The number of nitrogens with zero attached hydrogens (tertiary/aromatic N) is 3. The Morgan fingerprint density at radius 1 is 1.21 bits per heavy atom. The third-order valence-corrected chi connectivity index (χ3v) is 4.94. The van der Waals surface area contributed by atoms with Crippen molar-refractivity contribution in [3.8, 4) is 0 Å². The van der Waals surface area contributed by atoms with Crippen molar-refractivity contribution in [1.29, 1.82) is 0 Å². The summed E-state index contributed by atoms with van der Waals surface area (Å²) in [7, 11) is 0. The Morgan fingerprint density at radius 3 is 2.71 bits per heavy atom. The van der Waals surface area contributed by atoms with Crippen LogP contribution in [0, 0.1) is 10.1 Å². The Kier molecular flexibility index (Phi) is 4.00. The minimum Gasteiger partial charge on any atom is -0.331 e. The number of hydrogen-bond donors (Lipinski definition) is 2. The molecule has 0 atom stereocenters. The van der Waals surface area contributed by atoms with Crippen LogP contribution >= 0.6 is 11.3 Å². The summed E-state index contributed by atoms with van der Waals surface area (Å²) in [6, 6.07) is 6.11. The van der Waals surface area contributed by atoms with E-state index < -0.39 is 33.3 Å². The predicted molar refractivity (Wildman–Crippen MR) is 96.9 cm³/mol. The third kappa shape index (κ3) is 3.13. The Morgan fingerprint density at radius 2 is 2.00 bits per heavy atom. The van der Waals surface area contributed by atoms with Crippen molar-refractivity contribution in [3.05, 3.63) is 62.6 Å². The van der Waals surface area contributed by atoms with Crippen molar-refractivity contribution in [2.75, 3.05) is 5.32 Å². The fourth-order valence-corrected chi connectivity index (χ4v) is 3.63. The van der Waals surface area contributed by atoms with E-state index in [0.717, 1.165) is 22.2 Å². The maximum absolute atomic E-state index is 13.0. The van der Waals surface area contributed by atoms with Gasteiger partial charge in [-0.1, -0.05) is 11.3 Å². The van der Waals surface area contributed by atoms with E-state index in [1.165, 1.54) is 0 Å². The molecule has 0 spiro atoms. The number of nitro groups is 1. The number of nitrogens with one attached hydrogen (secondary N) is 2. The van der Waals surface area contributed by atoms with E-state index in [1.54, 1.807) is 24.4 Å². The molecule has 0 aliphatic carbocycles. The molecule has 2 aromatic heterocycles. The highest BCUT2D eigenvalue weighted by atomic mass is 32.1. The minimum absolute atomic E-state index is 0.0169. The first kappa shape index (κ1) is 17.9. The van der Waals surface area contributed by atoms with Crippen molar-refractivity contribution in [2.24, 2.45) is 0 Å². The maximum Gasteiger partial charge on any atom is 0.416 e. The first-order chi connectivity index (χ1) is 13.2. The maximum atomic E-state index is 13.0. The molecule has 2 aromatic carbocycles. The lowest BCUT2D eigenvalue weighted by Gasteiger charge is -2.09. The first-order valence-corrected chi connectivity index (χ1v) is 8.44. The zero-order valence-electron chi connectivity index (χ0n) is 13.6. The lowest BCUT2D eigenvalue weighted by Crippen LogP contribution is -2.12. The average Bonchev–Trinajstić information content (AvgIpc) is 3.07. The number of aromatic nitrogens is 3. The Bertz CT molecular complexity index is 1300. The smallest absolute Gasteiger partial charge is 0.331 e. The molecule has 2 heterocycles. The molecule has 2 N–H and O–H groups in total. The average molecular weight is 407 g/mol. The van der Waals surface area contributed by atoms with Crippen molar-refractivity contribution >= 4 is 48.8 Å². The molecule has 4 aromatic rings. The molecule has 8 nitrogen and oxygen atoms in total. The van der Waals surface area contributed by atoms with Gasteiger partial charge in [0, 0.05) is 17.1 Å². The molecule has 0 saturated heterocycles. The van der Waals surface area contributed by atoms with E-state index >= 15 is 0 Å². The van der Waals surface area contributed by atoms with Crippen LogP contribution in [0.3, 0.4) is 0 Å². The number of aromatic amines is 1. The van der Waals surface area contributed by atoms with Crippen LogP contribution in [-0.4, -0.2) is 20.1 Å². The summed E-state index contributed by atoms with van der Waals surface area (Å²) in [4.78, 5) is 26.3. The highest BCUT2D eigenvalue weighted by Crippen LogP contribution is 2.38. The van der Waals surface area contributed by atoms with Crippen LogP contribution in [0.1, 0.15) is 5.56 Å².